The van der Waals surface area contributed by atoms with Gasteiger partial charge < -0.3 is 5.32 Å². The van der Waals surface area contributed by atoms with Crippen molar-refractivity contribution in [2.24, 2.45) is 0 Å². The third-order valence-corrected chi connectivity index (χ3v) is 8.25. The minimum atomic E-state index is 0.611. The second-order valence-corrected chi connectivity index (χ2v) is 10.4. The van der Waals surface area contributed by atoms with Crippen LogP contribution in [0.4, 0.5) is 0 Å². The summed E-state index contributed by atoms with van der Waals surface area (Å²) < 4.78 is 2.62. The lowest BCUT2D eigenvalue weighted by molar-refractivity contribution is 0.929. The summed E-state index contributed by atoms with van der Waals surface area (Å²) in [6.07, 6.45) is 4.03. The first-order valence-electron chi connectivity index (χ1n) is 12.4. The van der Waals surface area contributed by atoms with Gasteiger partial charge in [0.05, 0.1) is 0 Å². The zero-order chi connectivity index (χ0) is 24.8. The molecular formula is C34H22N2S. The van der Waals surface area contributed by atoms with Gasteiger partial charge in [-0.3, -0.25) is 0 Å². The van der Waals surface area contributed by atoms with Gasteiger partial charge in [0, 0.05) is 26.7 Å². The molecule has 6 aromatic rings. The molecule has 1 aliphatic rings. The minimum absolute atomic E-state index is 0.611. The molecule has 0 spiro atoms. The summed E-state index contributed by atoms with van der Waals surface area (Å²) in [4.78, 5) is 0. The summed E-state index contributed by atoms with van der Waals surface area (Å²) in [5.74, 6) is 0. The average Bonchev–Trinajstić information content (AvgIpc) is 3.35. The molecule has 0 fully saturated rings. The molecule has 3 heteroatoms. The molecule has 1 N–H and O–H groups in total. The molecule has 0 radical (unpaired) electrons. The van der Waals surface area contributed by atoms with Crippen LogP contribution in [0.25, 0.3) is 58.8 Å². The van der Waals surface area contributed by atoms with Crippen LogP contribution in [0.15, 0.2) is 121 Å². The third-order valence-electron chi connectivity index (χ3n) is 7.15. The molecule has 0 aliphatic carbocycles. The maximum Gasteiger partial charge on any atom is 0.117 e. The summed E-state index contributed by atoms with van der Waals surface area (Å²) in [5, 5.41) is 17.5. The molecular weight excluding hydrogens is 468 g/mol. The van der Waals surface area contributed by atoms with E-state index in [0.717, 1.165) is 11.1 Å². The lowest BCUT2D eigenvalue weighted by atomic mass is 9.94. The van der Waals surface area contributed by atoms with Crippen molar-refractivity contribution in [2.45, 2.75) is 0 Å². The molecule has 0 bridgehead atoms. The summed E-state index contributed by atoms with van der Waals surface area (Å²) in [5.41, 5.74) is 7.76. The van der Waals surface area contributed by atoms with Crippen LogP contribution < -0.4 is 5.32 Å². The van der Waals surface area contributed by atoms with Gasteiger partial charge in [0.2, 0.25) is 0 Å². The number of rotatable bonds is 3. The molecule has 0 amide bonds. The van der Waals surface area contributed by atoms with Crippen molar-refractivity contribution in [3.63, 3.8) is 0 Å². The second kappa shape index (κ2) is 8.78. The molecule has 1 aliphatic heterocycles. The Hall–Kier alpha value is -4.65. The van der Waals surface area contributed by atoms with Crippen molar-refractivity contribution in [1.82, 2.24) is 5.32 Å². The molecule has 2 heterocycles. The lowest BCUT2D eigenvalue weighted by Gasteiger charge is -2.12. The Labute approximate surface area is 219 Å². The van der Waals surface area contributed by atoms with Crippen molar-refractivity contribution in [3.8, 4) is 28.3 Å². The summed E-state index contributed by atoms with van der Waals surface area (Å²) in [6, 6.07) is 39.5. The van der Waals surface area contributed by atoms with Crippen LogP contribution in [-0.4, -0.2) is 6.54 Å². The number of nitrogens with one attached hydrogen (secondary N) is 1. The third kappa shape index (κ3) is 3.71. The van der Waals surface area contributed by atoms with Gasteiger partial charge in [0.15, 0.2) is 0 Å². The van der Waals surface area contributed by atoms with Crippen molar-refractivity contribution < 1.29 is 0 Å². The second-order valence-electron chi connectivity index (χ2n) is 9.31. The molecule has 5 aromatic carbocycles. The lowest BCUT2D eigenvalue weighted by Crippen LogP contribution is -2.15. The Morgan fingerprint density at radius 2 is 1.38 bits per heavy atom. The Kier molecular flexibility index (Phi) is 5.13. The summed E-state index contributed by atoms with van der Waals surface area (Å²) in [7, 11) is 0. The summed E-state index contributed by atoms with van der Waals surface area (Å²) in [6.45, 7) is 0.680. The van der Waals surface area contributed by atoms with Crippen LogP contribution in [-0.2, 0) is 0 Å². The number of allylic oxidation sites excluding steroid dienone is 3. The van der Waals surface area contributed by atoms with E-state index in [-0.39, 0.29) is 0 Å². The Balaban J connectivity index is 1.33. The van der Waals surface area contributed by atoms with Gasteiger partial charge in [-0.15, -0.1) is 11.3 Å². The predicted molar refractivity (Wildman–Crippen MR) is 157 cm³/mol. The van der Waals surface area contributed by atoms with Crippen molar-refractivity contribution in [2.75, 3.05) is 6.54 Å². The predicted octanol–water partition coefficient (Wildman–Crippen LogP) is 8.94. The highest BCUT2D eigenvalue weighted by atomic mass is 32.1. The summed E-state index contributed by atoms with van der Waals surface area (Å²) >= 11 is 1.87. The van der Waals surface area contributed by atoms with E-state index >= 15 is 0 Å². The average molecular weight is 491 g/mol. The largest absolute Gasteiger partial charge is 0.373 e. The van der Waals surface area contributed by atoms with E-state index < -0.39 is 0 Å². The van der Waals surface area contributed by atoms with Crippen molar-refractivity contribution in [3.05, 3.63) is 127 Å². The van der Waals surface area contributed by atoms with E-state index in [4.69, 9.17) is 0 Å². The maximum absolute atomic E-state index is 9.21. The minimum Gasteiger partial charge on any atom is -0.373 e. The van der Waals surface area contributed by atoms with E-state index in [1.165, 1.54) is 53.2 Å². The van der Waals surface area contributed by atoms with Crippen LogP contribution >= 0.6 is 11.3 Å². The van der Waals surface area contributed by atoms with Gasteiger partial charge in [-0.05, 0) is 62.4 Å². The fourth-order valence-corrected chi connectivity index (χ4v) is 6.54. The van der Waals surface area contributed by atoms with Gasteiger partial charge in [0.1, 0.15) is 11.8 Å². The Bertz CT molecular complexity index is 1920. The van der Waals surface area contributed by atoms with Crippen LogP contribution in [0.2, 0.25) is 0 Å². The first kappa shape index (κ1) is 21.6. The van der Waals surface area contributed by atoms with Crippen LogP contribution in [0.3, 0.4) is 0 Å². The first-order chi connectivity index (χ1) is 18.3. The number of hydrogen-bond donors (Lipinski definition) is 1. The van der Waals surface area contributed by atoms with Crippen molar-refractivity contribution in [1.29, 1.82) is 5.26 Å². The zero-order valence-corrected chi connectivity index (χ0v) is 20.8. The van der Waals surface area contributed by atoms with Crippen molar-refractivity contribution >= 4 is 47.9 Å². The first-order valence-corrected chi connectivity index (χ1v) is 13.2. The number of nitrogens with zero attached hydrogens (tertiary/aromatic N) is 1. The number of thiophene rings is 1. The molecule has 1 aromatic heterocycles. The number of benzene rings is 5. The molecule has 174 valence electrons. The van der Waals surface area contributed by atoms with E-state index in [9.17, 15) is 5.26 Å². The van der Waals surface area contributed by atoms with Gasteiger partial charge in [0.25, 0.3) is 0 Å². The number of dihydropyridines is 1. The molecule has 37 heavy (non-hydrogen) atoms. The van der Waals surface area contributed by atoms with Crippen LogP contribution in [0.5, 0.6) is 0 Å². The van der Waals surface area contributed by atoms with Crippen LogP contribution in [0.1, 0.15) is 5.56 Å². The van der Waals surface area contributed by atoms with Crippen LogP contribution in [0, 0.1) is 11.3 Å². The number of nitriles is 1. The monoisotopic (exact) mass is 490 g/mol. The van der Waals surface area contributed by atoms with Gasteiger partial charge in [-0.25, -0.2) is 0 Å². The Morgan fingerprint density at radius 1 is 0.649 bits per heavy atom. The standard InChI is InChI=1S/C34H22N2S/c35-21-27-18-26(16-17-36-27)23-12-10-22(11-13-23)25-14-15-30-32(19-25)37-33-20-31(24-6-2-1-3-7-24)28-8-4-5-9-29(28)34(30)33/h1-16,18-20,36H,17H2. The quantitative estimate of drug-likeness (QED) is 0.269. The molecule has 0 saturated carbocycles. The number of hydrogen-bond acceptors (Lipinski definition) is 3. The normalized spacial score (nSPS) is 13.3. The zero-order valence-electron chi connectivity index (χ0n) is 20.0. The highest BCUT2D eigenvalue weighted by Crippen LogP contribution is 2.43. The Morgan fingerprint density at radius 3 is 2.19 bits per heavy atom. The van der Waals surface area contributed by atoms with E-state index in [2.05, 4.69) is 121 Å². The van der Waals surface area contributed by atoms with E-state index in [0.29, 0.717) is 12.2 Å². The molecule has 7 rings (SSSR count). The topological polar surface area (TPSA) is 35.8 Å². The molecule has 0 saturated heterocycles. The van der Waals surface area contributed by atoms with E-state index in [1.54, 1.807) is 0 Å². The molecule has 0 unspecified atom stereocenters. The van der Waals surface area contributed by atoms with Gasteiger partial charge in [-0.2, -0.15) is 5.26 Å². The van der Waals surface area contributed by atoms with Gasteiger partial charge >= 0.3 is 0 Å². The number of fused-ring (bicyclic) bond motifs is 5. The highest BCUT2D eigenvalue weighted by Gasteiger charge is 2.14. The smallest absolute Gasteiger partial charge is 0.117 e. The fourth-order valence-electron chi connectivity index (χ4n) is 5.34. The SMILES string of the molecule is N#CC1=CC(c2ccc(-c3ccc4c(c3)sc3cc(-c5ccccc5)c5ccccc5c34)cc2)=CCN1. The highest BCUT2D eigenvalue weighted by molar-refractivity contribution is 7.26. The van der Waals surface area contributed by atoms with E-state index in [1.807, 2.05) is 17.4 Å². The maximum atomic E-state index is 9.21. The molecule has 0 atom stereocenters. The van der Waals surface area contributed by atoms with Gasteiger partial charge in [-0.1, -0.05) is 97.1 Å². The molecule has 2 nitrogen and oxygen atoms in total. The fraction of sp³-hybridized carbons (Fsp3) is 0.0294.